The second-order valence-electron chi connectivity index (χ2n) is 4.68. The maximum Gasteiger partial charge on any atom is 0.0327 e. The largest absolute Gasteiger partial charge is 0.310 e. The van der Waals surface area contributed by atoms with Crippen LogP contribution in [0.4, 0.5) is 0 Å². The maximum atomic E-state index is 3.48. The Bertz CT molecular complexity index is 330. The smallest absolute Gasteiger partial charge is 0.0327 e. The fraction of sp³-hybridized carbons (Fsp3) is 0.667. The van der Waals surface area contributed by atoms with Gasteiger partial charge in [-0.2, -0.15) is 0 Å². The predicted octanol–water partition coefficient (Wildman–Crippen LogP) is 2.23. The van der Waals surface area contributed by atoms with Gasteiger partial charge in [-0.25, -0.2) is 0 Å². The van der Waals surface area contributed by atoms with E-state index in [0.29, 0.717) is 6.04 Å². The minimum absolute atomic E-state index is 0.576. The molecule has 2 rings (SSSR count). The molecule has 1 N–H and O–H groups in total. The molecule has 0 spiro atoms. The number of hydrogen-bond acceptors (Lipinski definition) is 3. The standard InChI is InChI=1S/C12H20N2S/c1-9(2)13-7-11-6-10-4-5-14(3)8-12(10)15-11/h6,9,13H,4-5,7-8H2,1-3H3. The Hall–Kier alpha value is -0.380. The Morgan fingerprint density at radius 2 is 2.33 bits per heavy atom. The van der Waals surface area contributed by atoms with Crippen LogP contribution >= 0.6 is 11.3 Å². The van der Waals surface area contributed by atoms with Gasteiger partial charge in [0.15, 0.2) is 0 Å². The van der Waals surface area contributed by atoms with E-state index >= 15 is 0 Å². The number of nitrogens with one attached hydrogen (secondary N) is 1. The van der Waals surface area contributed by atoms with Gasteiger partial charge in [-0.3, -0.25) is 0 Å². The molecule has 1 aliphatic rings. The molecule has 0 radical (unpaired) electrons. The van der Waals surface area contributed by atoms with Crippen LogP contribution in [0.3, 0.4) is 0 Å². The van der Waals surface area contributed by atoms with Gasteiger partial charge in [-0.05, 0) is 25.1 Å². The Morgan fingerprint density at radius 3 is 3.07 bits per heavy atom. The van der Waals surface area contributed by atoms with Crippen LogP contribution in [0.15, 0.2) is 6.07 Å². The molecule has 0 atom stereocenters. The summed E-state index contributed by atoms with van der Waals surface area (Å²) < 4.78 is 0. The molecule has 1 aromatic rings. The highest BCUT2D eigenvalue weighted by Crippen LogP contribution is 2.27. The van der Waals surface area contributed by atoms with Gasteiger partial charge < -0.3 is 10.2 Å². The van der Waals surface area contributed by atoms with E-state index in [1.807, 2.05) is 11.3 Å². The first kappa shape index (κ1) is 11.1. The van der Waals surface area contributed by atoms with Gasteiger partial charge in [0.05, 0.1) is 0 Å². The molecule has 0 aliphatic carbocycles. The van der Waals surface area contributed by atoms with E-state index in [9.17, 15) is 0 Å². The molecule has 0 aromatic carbocycles. The highest BCUT2D eigenvalue weighted by atomic mass is 32.1. The molecular formula is C12H20N2S. The topological polar surface area (TPSA) is 15.3 Å². The highest BCUT2D eigenvalue weighted by Gasteiger charge is 2.16. The van der Waals surface area contributed by atoms with E-state index < -0.39 is 0 Å². The molecule has 1 aliphatic heterocycles. The first-order valence-electron chi connectivity index (χ1n) is 5.67. The molecule has 0 amide bonds. The molecule has 1 aromatic heterocycles. The van der Waals surface area contributed by atoms with Crippen LogP contribution in [0.25, 0.3) is 0 Å². The van der Waals surface area contributed by atoms with Gasteiger partial charge in [-0.1, -0.05) is 13.8 Å². The quantitative estimate of drug-likeness (QED) is 0.847. The third kappa shape index (κ3) is 2.80. The Balaban J connectivity index is 2.03. The summed E-state index contributed by atoms with van der Waals surface area (Å²) in [5.41, 5.74) is 1.58. The molecule has 2 heterocycles. The number of hydrogen-bond donors (Lipinski definition) is 1. The summed E-state index contributed by atoms with van der Waals surface area (Å²) in [7, 11) is 2.20. The summed E-state index contributed by atoms with van der Waals surface area (Å²) in [5, 5.41) is 3.48. The summed E-state index contributed by atoms with van der Waals surface area (Å²) in [6.45, 7) is 7.77. The fourth-order valence-corrected chi connectivity index (χ4v) is 3.15. The molecule has 0 saturated heterocycles. The van der Waals surface area contributed by atoms with Crippen LogP contribution in [0.5, 0.6) is 0 Å². The van der Waals surface area contributed by atoms with Crippen molar-refractivity contribution in [1.82, 2.24) is 10.2 Å². The molecule has 0 fully saturated rings. The Kier molecular flexibility index (Phi) is 3.44. The molecule has 0 bridgehead atoms. The lowest BCUT2D eigenvalue weighted by atomic mass is 10.1. The molecule has 3 heteroatoms. The molecule has 15 heavy (non-hydrogen) atoms. The van der Waals surface area contributed by atoms with Crippen LogP contribution < -0.4 is 5.32 Å². The predicted molar refractivity (Wildman–Crippen MR) is 66.3 cm³/mol. The van der Waals surface area contributed by atoms with Crippen molar-refractivity contribution in [1.29, 1.82) is 0 Å². The summed E-state index contributed by atoms with van der Waals surface area (Å²) >= 11 is 1.98. The number of thiophene rings is 1. The van der Waals surface area contributed by atoms with Crippen LogP contribution in [0.2, 0.25) is 0 Å². The number of likely N-dealkylation sites (N-methyl/N-ethyl adjacent to an activating group) is 1. The minimum atomic E-state index is 0.576. The lowest BCUT2D eigenvalue weighted by Crippen LogP contribution is -2.24. The van der Waals surface area contributed by atoms with Crippen LogP contribution in [-0.2, 0) is 19.5 Å². The molecule has 0 saturated carbocycles. The zero-order valence-electron chi connectivity index (χ0n) is 9.84. The average Bonchev–Trinajstić information content (AvgIpc) is 2.56. The van der Waals surface area contributed by atoms with Gasteiger partial charge >= 0.3 is 0 Å². The van der Waals surface area contributed by atoms with Gasteiger partial charge in [0.2, 0.25) is 0 Å². The van der Waals surface area contributed by atoms with Crippen LogP contribution in [0.1, 0.15) is 29.2 Å². The average molecular weight is 224 g/mol. The summed E-state index contributed by atoms with van der Waals surface area (Å²) in [4.78, 5) is 5.46. The van der Waals surface area contributed by atoms with Crippen molar-refractivity contribution in [3.8, 4) is 0 Å². The Morgan fingerprint density at radius 1 is 1.53 bits per heavy atom. The third-order valence-electron chi connectivity index (χ3n) is 2.81. The SMILES string of the molecule is CC(C)NCc1cc2c(s1)CN(C)CC2. The van der Waals surface area contributed by atoms with Gasteiger partial charge in [-0.15, -0.1) is 11.3 Å². The van der Waals surface area contributed by atoms with Crippen molar-refractivity contribution in [3.63, 3.8) is 0 Å². The van der Waals surface area contributed by atoms with E-state index in [0.717, 1.165) is 13.1 Å². The zero-order valence-corrected chi connectivity index (χ0v) is 10.7. The van der Waals surface area contributed by atoms with Gasteiger partial charge in [0.1, 0.15) is 0 Å². The molecular weight excluding hydrogens is 204 g/mol. The lowest BCUT2D eigenvalue weighted by Gasteiger charge is -2.21. The molecule has 0 unspecified atom stereocenters. The number of fused-ring (bicyclic) bond motifs is 1. The van der Waals surface area contributed by atoms with E-state index in [4.69, 9.17) is 0 Å². The maximum absolute atomic E-state index is 3.48. The van der Waals surface area contributed by atoms with E-state index in [2.05, 4.69) is 37.2 Å². The van der Waals surface area contributed by atoms with Crippen LogP contribution in [0, 0.1) is 0 Å². The van der Waals surface area contributed by atoms with Crippen LogP contribution in [-0.4, -0.2) is 24.5 Å². The third-order valence-corrected chi connectivity index (χ3v) is 3.97. The lowest BCUT2D eigenvalue weighted by molar-refractivity contribution is 0.317. The fourth-order valence-electron chi connectivity index (χ4n) is 1.90. The first-order chi connectivity index (χ1) is 7.15. The van der Waals surface area contributed by atoms with Crippen molar-refractivity contribution in [2.75, 3.05) is 13.6 Å². The van der Waals surface area contributed by atoms with Gasteiger partial charge in [0, 0.05) is 35.4 Å². The monoisotopic (exact) mass is 224 g/mol. The summed E-state index contributed by atoms with van der Waals surface area (Å²) in [5.74, 6) is 0. The van der Waals surface area contributed by atoms with Crippen molar-refractivity contribution < 1.29 is 0 Å². The number of nitrogens with zero attached hydrogens (tertiary/aromatic N) is 1. The van der Waals surface area contributed by atoms with Crippen molar-refractivity contribution in [2.45, 2.75) is 39.4 Å². The van der Waals surface area contributed by atoms with Crippen molar-refractivity contribution >= 4 is 11.3 Å². The minimum Gasteiger partial charge on any atom is -0.310 e. The molecule has 84 valence electrons. The van der Waals surface area contributed by atoms with Crippen molar-refractivity contribution in [2.24, 2.45) is 0 Å². The zero-order chi connectivity index (χ0) is 10.8. The molecule has 2 nitrogen and oxygen atoms in total. The van der Waals surface area contributed by atoms with E-state index in [-0.39, 0.29) is 0 Å². The van der Waals surface area contributed by atoms with Gasteiger partial charge in [0.25, 0.3) is 0 Å². The Labute approximate surface area is 96.3 Å². The first-order valence-corrected chi connectivity index (χ1v) is 6.49. The normalized spacial score (nSPS) is 17.1. The number of rotatable bonds is 3. The second-order valence-corrected chi connectivity index (χ2v) is 5.91. The summed E-state index contributed by atoms with van der Waals surface area (Å²) in [6.07, 6.45) is 1.23. The highest BCUT2D eigenvalue weighted by molar-refractivity contribution is 7.12. The second kappa shape index (κ2) is 4.64. The summed E-state index contributed by atoms with van der Waals surface area (Å²) in [6, 6.07) is 2.97. The van der Waals surface area contributed by atoms with Crippen molar-refractivity contribution in [3.05, 3.63) is 21.4 Å². The van der Waals surface area contributed by atoms with E-state index in [1.165, 1.54) is 17.8 Å². The van der Waals surface area contributed by atoms with E-state index in [1.54, 1.807) is 10.4 Å².